The van der Waals surface area contributed by atoms with Crippen LogP contribution >= 0.6 is 0 Å². The highest BCUT2D eigenvalue weighted by Gasteiger charge is 2.40. The predicted molar refractivity (Wildman–Crippen MR) is 139 cm³/mol. The fourth-order valence-electron chi connectivity index (χ4n) is 4.95. The van der Waals surface area contributed by atoms with Gasteiger partial charge in [0.1, 0.15) is 29.8 Å². The zero-order valence-corrected chi connectivity index (χ0v) is 21.7. The zero-order valence-electron chi connectivity index (χ0n) is 21.7. The summed E-state index contributed by atoms with van der Waals surface area (Å²) in [7, 11) is 0. The normalized spacial score (nSPS) is 22.9. The molecule has 0 spiro atoms. The number of nitrogens with one attached hydrogen (secondary N) is 2. The van der Waals surface area contributed by atoms with Crippen molar-refractivity contribution in [2.24, 2.45) is 5.10 Å². The third-order valence-electron chi connectivity index (χ3n) is 6.78. The molecule has 2 unspecified atom stereocenters. The van der Waals surface area contributed by atoms with E-state index in [4.69, 9.17) is 9.47 Å². The maximum atomic E-state index is 15.0. The average molecular weight is 510 g/mol. The van der Waals surface area contributed by atoms with E-state index in [-0.39, 0.29) is 24.4 Å². The summed E-state index contributed by atoms with van der Waals surface area (Å²) in [6, 6.07) is 9.76. The van der Waals surface area contributed by atoms with E-state index in [0.717, 1.165) is 0 Å². The highest BCUT2D eigenvalue weighted by Crippen LogP contribution is 2.44. The van der Waals surface area contributed by atoms with Gasteiger partial charge in [0.15, 0.2) is 5.84 Å². The monoisotopic (exact) mass is 509 g/mol. The largest absolute Gasteiger partial charge is 0.483 e. The number of benzene rings is 2. The molecule has 0 radical (unpaired) electrons. The second kappa shape index (κ2) is 8.93. The van der Waals surface area contributed by atoms with Crippen molar-refractivity contribution in [3.63, 3.8) is 0 Å². The molecule has 5 rings (SSSR count). The Hall–Kier alpha value is -3.82. The Morgan fingerprint density at radius 2 is 2.03 bits per heavy atom. The van der Waals surface area contributed by atoms with Gasteiger partial charge in [0.2, 0.25) is 0 Å². The minimum atomic E-state index is -0.587. The lowest BCUT2D eigenvalue weighted by Crippen LogP contribution is -2.55. The number of halogens is 1. The Kier molecular flexibility index (Phi) is 6.00. The van der Waals surface area contributed by atoms with Crippen LogP contribution in [-0.2, 0) is 9.53 Å². The summed E-state index contributed by atoms with van der Waals surface area (Å²) in [4.78, 5) is 28.6. The molecular weight excluding hydrogens is 477 g/mol. The van der Waals surface area contributed by atoms with Crippen molar-refractivity contribution in [2.45, 2.75) is 58.2 Å². The summed E-state index contributed by atoms with van der Waals surface area (Å²) in [5.74, 6) is 0.546. The van der Waals surface area contributed by atoms with Crippen molar-refractivity contribution < 1.29 is 23.5 Å². The molecule has 0 aromatic heterocycles. The molecule has 0 saturated carbocycles. The van der Waals surface area contributed by atoms with Crippen LogP contribution in [0, 0.1) is 5.82 Å². The Bertz CT molecular complexity index is 1290. The summed E-state index contributed by atoms with van der Waals surface area (Å²) in [6.07, 6.45) is 0.311. The molecule has 3 aliphatic heterocycles. The molecule has 37 heavy (non-hydrogen) atoms. The standard InChI is InChI=1S/C27H32FN5O4/c1-16-24(34)31-30-23-14-36-22-12-18(17-8-6-7-9-19(17)28)20(13-21(22)33(16)23)29-27(5)10-11-32(15-27)25(35)37-26(2,3)4/h6-9,12-13,16,29H,10-11,14-15H2,1-5H3,(H,31,34). The number of carbonyl (C=O) groups is 2. The summed E-state index contributed by atoms with van der Waals surface area (Å²) >= 11 is 0. The van der Waals surface area contributed by atoms with Gasteiger partial charge >= 0.3 is 6.09 Å². The van der Waals surface area contributed by atoms with E-state index in [1.807, 2.05) is 38.7 Å². The van der Waals surface area contributed by atoms with E-state index in [1.165, 1.54) is 6.07 Å². The lowest BCUT2D eigenvalue weighted by atomic mass is 9.96. The van der Waals surface area contributed by atoms with E-state index >= 15 is 0 Å². The number of amides is 2. The Balaban J connectivity index is 1.54. The lowest BCUT2D eigenvalue weighted by Gasteiger charge is -2.39. The molecule has 1 fully saturated rings. The fraction of sp³-hybridized carbons (Fsp3) is 0.444. The molecular formula is C27H32FN5O4. The van der Waals surface area contributed by atoms with Crippen LogP contribution in [0.2, 0.25) is 0 Å². The highest BCUT2D eigenvalue weighted by atomic mass is 19.1. The molecule has 1 saturated heterocycles. The molecule has 10 heteroatoms. The van der Waals surface area contributed by atoms with Crippen LogP contribution in [0.25, 0.3) is 11.1 Å². The average Bonchev–Trinajstić information content (AvgIpc) is 3.22. The number of ether oxygens (including phenoxy) is 2. The van der Waals surface area contributed by atoms with Crippen LogP contribution in [0.4, 0.5) is 20.6 Å². The molecule has 2 aromatic rings. The molecule has 2 amide bonds. The van der Waals surface area contributed by atoms with Gasteiger partial charge in [0, 0.05) is 29.9 Å². The van der Waals surface area contributed by atoms with E-state index in [2.05, 4.69) is 15.8 Å². The maximum Gasteiger partial charge on any atom is 0.410 e. The van der Waals surface area contributed by atoms with Gasteiger partial charge < -0.3 is 24.6 Å². The molecule has 196 valence electrons. The number of hydrogen-bond donors (Lipinski definition) is 2. The number of anilines is 2. The Labute approximate surface area is 215 Å². The molecule has 3 heterocycles. The fourth-order valence-corrected chi connectivity index (χ4v) is 4.95. The van der Waals surface area contributed by atoms with E-state index in [1.54, 1.807) is 36.1 Å². The van der Waals surface area contributed by atoms with Crippen LogP contribution < -0.4 is 20.4 Å². The molecule has 3 aliphatic rings. The molecule has 0 aliphatic carbocycles. The predicted octanol–water partition coefficient (Wildman–Crippen LogP) is 4.33. The first-order chi connectivity index (χ1) is 17.4. The van der Waals surface area contributed by atoms with Crippen molar-refractivity contribution in [1.29, 1.82) is 0 Å². The van der Waals surface area contributed by atoms with Crippen LogP contribution in [-0.4, -0.2) is 59.6 Å². The van der Waals surface area contributed by atoms with Crippen molar-refractivity contribution in [3.05, 3.63) is 42.2 Å². The number of hydrogen-bond acceptors (Lipinski definition) is 7. The van der Waals surface area contributed by atoms with Crippen molar-refractivity contribution >= 4 is 29.2 Å². The molecule has 9 nitrogen and oxygen atoms in total. The van der Waals surface area contributed by atoms with Gasteiger partial charge in [-0.2, -0.15) is 5.10 Å². The first kappa shape index (κ1) is 24.9. The van der Waals surface area contributed by atoms with Crippen LogP contribution in [0.3, 0.4) is 0 Å². The quantitative estimate of drug-likeness (QED) is 0.640. The van der Waals surface area contributed by atoms with Crippen LogP contribution in [0.5, 0.6) is 5.75 Å². The Morgan fingerprint density at radius 1 is 1.27 bits per heavy atom. The molecule has 2 N–H and O–H groups in total. The third kappa shape index (κ3) is 4.80. The molecule has 2 aromatic carbocycles. The lowest BCUT2D eigenvalue weighted by molar-refractivity contribution is -0.122. The topological polar surface area (TPSA) is 95.5 Å². The highest BCUT2D eigenvalue weighted by molar-refractivity contribution is 6.10. The number of fused-ring (bicyclic) bond motifs is 3. The summed E-state index contributed by atoms with van der Waals surface area (Å²) in [6.45, 7) is 10.5. The molecule has 2 atom stereocenters. The second-order valence-corrected chi connectivity index (χ2v) is 11.0. The van der Waals surface area contributed by atoms with Gasteiger partial charge in [-0.15, -0.1) is 0 Å². The summed E-state index contributed by atoms with van der Waals surface area (Å²) < 4.78 is 26.5. The first-order valence-electron chi connectivity index (χ1n) is 12.4. The van der Waals surface area contributed by atoms with Gasteiger partial charge in [0.25, 0.3) is 5.91 Å². The second-order valence-electron chi connectivity index (χ2n) is 11.0. The Morgan fingerprint density at radius 3 is 2.76 bits per heavy atom. The van der Waals surface area contributed by atoms with Crippen LogP contribution in [0.1, 0.15) is 41.0 Å². The van der Waals surface area contributed by atoms with Crippen molar-refractivity contribution in [3.8, 4) is 16.9 Å². The number of carbonyl (C=O) groups excluding carboxylic acids is 2. The van der Waals surface area contributed by atoms with Gasteiger partial charge in [-0.1, -0.05) is 18.2 Å². The number of nitrogens with zero attached hydrogens (tertiary/aromatic N) is 3. The number of rotatable bonds is 3. The summed E-state index contributed by atoms with van der Waals surface area (Å²) in [5, 5.41) is 7.75. The number of amidine groups is 1. The van der Waals surface area contributed by atoms with E-state index in [0.29, 0.717) is 53.6 Å². The molecule has 0 bridgehead atoms. The van der Waals surface area contributed by atoms with Gasteiger partial charge in [-0.25, -0.2) is 14.6 Å². The number of hydrazone groups is 1. The van der Waals surface area contributed by atoms with Gasteiger partial charge in [-0.3, -0.25) is 4.79 Å². The smallest absolute Gasteiger partial charge is 0.410 e. The third-order valence-corrected chi connectivity index (χ3v) is 6.78. The SMILES string of the molecule is CC1C(=O)NN=C2COc3cc(-c4ccccc4F)c(NC4(C)CCN(C(=O)OC(C)(C)C)C4)cc3N21. The van der Waals surface area contributed by atoms with Crippen LogP contribution in [0.15, 0.2) is 41.5 Å². The minimum Gasteiger partial charge on any atom is -0.483 e. The minimum absolute atomic E-state index is 0.184. The van der Waals surface area contributed by atoms with E-state index < -0.39 is 17.2 Å². The van der Waals surface area contributed by atoms with Crippen molar-refractivity contribution in [2.75, 3.05) is 29.9 Å². The van der Waals surface area contributed by atoms with Crippen molar-refractivity contribution in [1.82, 2.24) is 10.3 Å². The summed E-state index contributed by atoms with van der Waals surface area (Å²) in [5.41, 5.74) is 3.83. The first-order valence-corrected chi connectivity index (χ1v) is 12.4. The zero-order chi connectivity index (χ0) is 26.5. The number of likely N-dealkylation sites (tertiary alicyclic amines) is 1. The van der Waals surface area contributed by atoms with Gasteiger partial charge in [-0.05, 0) is 59.2 Å². The maximum absolute atomic E-state index is 15.0. The van der Waals surface area contributed by atoms with Gasteiger partial charge in [0.05, 0.1) is 11.2 Å². The van der Waals surface area contributed by atoms with E-state index in [9.17, 15) is 14.0 Å².